The van der Waals surface area contributed by atoms with Gasteiger partial charge in [0.25, 0.3) is 0 Å². The highest BCUT2D eigenvalue weighted by molar-refractivity contribution is 5.96. The fourth-order valence-electron chi connectivity index (χ4n) is 2.58. The summed E-state index contributed by atoms with van der Waals surface area (Å²) in [5.74, 6) is 0.109. The maximum Gasteiger partial charge on any atom is 0.321 e. The zero-order chi connectivity index (χ0) is 15.6. The normalized spacial score (nSPS) is 17.3. The number of anilines is 1. The van der Waals surface area contributed by atoms with Crippen LogP contribution in [0.3, 0.4) is 0 Å². The molecule has 1 aliphatic heterocycles. The van der Waals surface area contributed by atoms with Gasteiger partial charge in [-0.3, -0.25) is 10.1 Å². The monoisotopic (exact) mass is 289 g/mol. The molecule has 2 rings (SSSR count). The predicted octanol–water partition coefficient (Wildman–Crippen LogP) is 2.23. The van der Waals surface area contributed by atoms with Crippen LogP contribution in [0.5, 0.6) is 0 Å². The van der Waals surface area contributed by atoms with Gasteiger partial charge in [0.2, 0.25) is 5.91 Å². The first kappa shape index (κ1) is 15.4. The molecule has 5 nitrogen and oxygen atoms in total. The van der Waals surface area contributed by atoms with Crippen LogP contribution in [0, 0.1) is 0 Å². The van der Waals surface area contributed by atoms with Crippen LogP contribution in [0.25, 0.3) is 0 Å². The van der Waals surface area contributed by atoms with Gasteiger partial charge in [-0.05, 0) is 32.4 Å². The van der Waals surface area contributed by atoms with E-state index in [0.29, 0.717) is 5.92 Å². The fourth-order valence-corrected chi connectivity index (χ4v) is 2.58. The minimum Gasteiger partial charge on any atom is -0.361 e. The number of hydrogen-bond acceptors (Lipinski definition) is 3. The maximum atomic E-state index is 12.0. The number of nitrogens with one attached hydrogen (secondary N) is 2. The Morgan fingerprint density at radius 1 is 1.29 bits per heavy atom. The number of carbonyl (C=O) groups excluding carboxylic acids is 2. The van der Waals surface area contributed by atoms with Gasteiger partial charge in [-0.2, -0.15) is 0 Å². The van der Waals surface area contributed by atoms with Crippen molar-refractivity contribution in [2.24, 2.45) is 0 Å². The number of rotatable bonds is 2. The van der Waals surface area contributed by atoms with Crippen molar-refractivity contribution in [3.05, 3.63) is 29.8 Å². The summed E-state index contributed by atoms with van der Waals surface area (Å²) in [5, 5.41) is 5.09. The third-order valence-electron chi connectivity index (χ3n) is 3.38. The van der Waals surface area contributed by atoms with E-state index in [1.807, 2.05) is 43.9 Å². The van der Waals surface area contributed by atoms with E-state index in [0.717, 1.165) is 12.2 Å². The third-order valence-corrected chi connectivity index (χ3v) is 3.38. The highest BCUT2D eigenvalue weighted by Crippen LogP contribution is 2.35. The number of nitrogens with zero attached hydrogens (tertiary/aromatic N) is 1. The second-order valence-corrected chi connectivity index (χ2v) is 6.59. The number of urea groups is 1. The number of amides is 3. The highest BCUT2D eigenvalue weighted by atomic mass is 16.2. The molecule has 1 aliphatic rings. The minimum atomic E-state index is -0.451. The molecule has 0 saturated carbocycles. The number of benzene rings is 1. The first-order valence-corrected chi connectivity index (χ1v) is 7.22. The largest absolute Gasteiger partial charge is 0.361 e. The SMILES string of the molecule is C[C@H]1CN(CC(=O)NC(=O)NC(C)(C)C)c2ccccc21. The molecule has 1 aromatic carbocycles. The van der Waals surface area contributed by atoms with Gasteiger partial charge in [0.05, 0.1) is 6.54 Å². The topological polar surface area (TPSA) is 61.4 Å². The van der Waals surface area contributed by atoms with Gasteiger partial charge in [-0.1, -0.05) is 25.1 Å². The molecule has 3 amide bonds. The molecule has 21 heavy (non-hydrogen) atoms. The van der Waals surface area contributed by atoms with Crippen LogP contribution in [0.1, 0.15) is 39.2 Å². The molecule has 5 heteroatoms. The molecule has 1 aromatic rings. The molecular weight excluding hydrogens is 266 g/mol. The number of carbonyl (C=O) groups is 2. The van der Waals surface area contributed by atoms with Crippen LogP contribution in [0.2, 0.25) is 0 Å². The Balaban J connectivity index is 1.94. The number of para-hydroxylation sites is 1. The van der Waals surface area contributed by atoms with Gasteiger partial charge in [-0.15, -0.1) is 0 Å². The van der Waals surface area contributed by atoms with Crippen molar-refractivity contribution in [1.82, 2.24) is 10.6 Å². The Bertz CT molecular complexity index is 549. The first-order chi connectivity index (χ1) is 9.76. The molecular formula is C16H23N3O2. The summed E-state index contributed by atoms with van der Waals surface area (Å²) < 4.78 is 0. The van der Waals surface area contributed by atoms with Crippen molar-refractivity contribution in [3.63, 3.8) is 0 Å². The van der Waals surface area contributed by atoms with E-state index in [4.69, 9.17) is 0 Å². The van der Waals surface area contributed by atoms with Crippen molar-refractivity contribution in [2.75, 3.05) is 18.0 Å². The van der Waals surface area contributed by atoms with E-state index in [-0.39, 0.29) is 18.0 Å². The minimum absolute atomic E-state index is 0.193. The Hall–Kier alpha value is -2.04. The number of hydrogen-bond donors (Lipinski definition) is 2. The molecule has 114 valence electrons. The zero-order valence-electron chi connectivity index (χ0n) is 13.1. The van der Waals surface area contributed by atoms with Gasteiger partial charge in [0, 0.05) is 23.7 Å². The average Bonchev–Trinajstić information content (AvgIpc) is 2.64. The molecule has 1 heterocycles. The predicted molar refractivity (Wildman–Crippen MR) is 83.5 cm³/mol. The Morgan fingerprint density at radius 2 is 1.95 bits per heavy atom. The second kappa shape index (κ2) is 5.76. The van der Waals surface area contributed by atoms with Crippen molar-refractivity contribution in [2.45, 2.75) is 39.2 Å². The van der Waals surface area contributed by atoms with E-state index < -0.39 is 6.03 Å². The standard InChI is InChI=1S/C16H23N3O2/c1-11-9-19(13-8-6-5-7-12(11)13)10-14(20)17-15(21)18-16(2,3)4/h5-8,11H,9-10H2,1-4H3,(H2,17,18,20,21)/t11-/m0/s1. The summed E-state index contributed by atoms with van der Waals surface area (Å²) in [4.78, 5) is 25.7. The molecule has 0 spiro atoms. The molecule has 0 saturated heterocycles. The Labute approximate surface area is 125 Å². The molecule has 0 radical (unpaired) electrons. The lowest BCUT2D eigenvalue weighted by atomic mass is 10.0. The molecule has 2 N–H and O–H groups in total. The van der Waals surface area contributed by atoms with Crippen LogP contribution < -0.4 is 15.5 Å². The number of fused-ring (bicyclic) bond motifs is 1. The lowest BCUT2D eigenvalue weighted by Gasteiger charge is -2.22. The lowest BCUT2D eigenvalue weighted by molar-refractivity contribution is -0.118. The summed E-state index contributed by atoms with van der Waals surface area (Å²) >= 11 is 0. The second-order valence-electron chi connectivity index (χ2n) is 6.59. The number of imide groups is 1. The van der Waals surface area contributed by atoms with E-state index in [1.165, 1.54) is 5.56 Å². The highest BCUT2D eigenvalue weighted by Gasteiger charge is 2.26. The van der Waals surface area contributed by atoms with Crippen molar-refractivity contribution < 1.29 is 9.59 Å². The zero-order valence-corrected chi connectivity index (χ0v) is 13.1. The quantitative estimate of drug-likeness (QED) is 0.877. The van der Waals surface area contributed by atoms with Gasteiger partial charge < -0.3 is 10.2 Å². The summed E-state index contributed by atoms with van der Waals surface area (Å²) in [7, 11) is 0. The molecule has 1 atom stereocenters. The van der Waals surface area contributed by atoms with Gasteiger partial charge in [0.15, 0.2) is 0 Å². The summed E-state index contributed by atoms with van der Waals surface area (Å²) in [6.45, 7) is 8.75. The molecule has 0 aromatic heterocycles. The first-order valence-electron chi connectivity index (χ1n) is 7.22. The van der Waals surface area contributed by atoms with Gasteiger partial charge in [-0.25, -0.2) is 4.79 Å². The maximum absolute atomic E-state index is 12.0. The molecule has 0 bridgehead atoms. The van der Waals surface area contributed by atoms with Crippen LogP contribution in [-0.4, -0.2) is 30.6 Å². The smallest absolute Gasteiger partial charge is 0.321 e. The molecule has 0 fully saturated rings. The van der Waals surface area contributed by atoms with E-state index in [9.17, 15) is 9.59 Å². The van der Waals surface area contributed by atoms with Gasteiger partial charge >= 0.3 is 6.03 Å². The Kier molecular flexibility index (Phi) is 4.21. The van der Waals surface area contributed by atoms with Gasteiger partial charge in [0.1, 0.15) is 0 Å². The summed E-state index contributed by atoms with van der Waals surface area (Å²) in [5.41, 5.74) is 1.97. The fraction of sp³-hybridized carbons (Fsp3) is 0.500. The Morgan fingerprint density at radius 3 is 2.62 bits per heavy atom. The lowest BCUT2D eigenvalue weighted by Crippen LogP contribution is -2.50. The van der Waals surface area contributed by atoms with Crippen LogP contribution in [-0.2, 0) is 4.79 Å². The van der Waals surface area contributed by atoms with Crippen LogP contribution in [0.4, 0.5) is 10.5 Å². The summed E-state index contributed by atoms with van der Waals surface area (Å²) in [6, 6.07) is 7.63. The van der Waals surface area contributed by atoms with Crippen molar-refractivity contribution >= 4 is 17.6 Å². The molecule has 0 aliphatic carbocycles. The van der Waals surface area contributed by atoms with E-state index in [1.54, 1.807) is 0 Å². The van der Waals surface area contributed by atoms with Crippen molar-refractivity contribution in [1.29, 1.82) is 0 Å². The summed E-state index contributed by atoms with van der Waals surface area (Å²) in [6.07, 6.45) is 0. The average molecular weight is 289 g/mol. The van der Waals surface area contributed by atoms with Crippen LogP contribution >= 0.6 is 0 Å². The van der Waals surface area contributed by atoms with E-state index >= 15 is 0 Å². The third kappa shape index (κ3) is 3.97. The van der Waals surface area contributed by atoms with Crippen LogP contribution in [0.15, 0.2) is 24.3 Å². The molecule has 0 unspecified atom stereocenters. The van der Waals surface area contributed by atoms with E-state index in [2.05, 4.69) is 23.6 Å². The van der Waals surface area contributed by atoms with Crippen molar-refractivity contribution in [3.8, 4) is 0 Å².